The quantitative estimate of drug-likeness (QED) is 0.283. The topological polar surface area (TPSA) is 55.8 Å². The molecule has 154 valence electrons. The molecule has 0 saturated carbocycles. The fourth-order valence-corrected chi connectivity index (χ4v) is 4.60. The van der Waals surface area contributed by atoms with Crippen LogP contribution in [0.1, 0.15) is 33.3 Å². The van der Waals surface area contributed by atoms with Crippen LogP contribution in [0.25, 0.3) is 0 Å². The van der Waals surface area contributed by atoms with Crippen LogP contribution < -0.4 is 0 Å². The Balaban J connectivity index is 1.93. The molecule has 0 spiro atoms. The van der Waals surface area contributed by atoms with Gasteiger partial charge in [0.25, 0.3) is 0 Å². The summed E-state index contributed by atoms with van der Waals surface area (Å²) in [6.07, 6.45) is 1.51. The van der Waals surface area contributed by atoms with Crippen LogP contribution in [0.3, 0.4) is 0 Å². The molecule has 2 rings (SSSR count). The molecule has 1 saturated heterocycles. The highest BCUT2D eigenvalue weighted by Crippen LogP contribution is 2.40. The molecule has 0 N–H and O–H groups in total. The second-order valence-electron chi connectivity index (χ2n) is 8.95. The Bertz CT molecular complexity index is 711. The summed E-state index contributed by atoms with van der Waals surface area (Å²) >= 11 is 0. The summed E-state index contributed by atoms with van der Waals surface area (Å²) in [5.74, 6) is -0.790. The highest BCUT2D eigenvalue weighted by molar-refractivity contribution is 6.74. The molecule has 6 heteroatoms. The lowest BCUT2D eigenvalue weighted by Gasteiger charge is -2.50. The number of hydrogen-bond acceptors (Lipinski definition) is 4. The molecule has 5 nitrogen and oxygen atoms in total. The van der Waals surface area contributed by atoms with Crippen molar-refractivity contribution in [3.05, 3.63) is 48.6 Å². The van der Waals surface area contributed by atoms with Crippen molar-refractivity contribution in [1.82, 2.24) is 4.90 Å². The van der Waals surface area contributed by atoms with Crippen molar-refractivity contribution < 1.29 is 18.8 Å². The number of nitrogens with zero attached hydrogens (tertiary/aromatic N) is 1. The summed E-state index contributed by atoms with van der Waals surface area (Å²) in [7, 11) is -1.99. The van der Waals surface area contributed by atoms with Crippen molar-refractivity contribution in [2.24, 2.45) is 5.92 Å². The van der Waals surface area contributed by atoms with Gasteiger partial charge >= 0.3 is 5.97 Å². The monoisotopic (exact) mass is 403 g/mol. The largest absolute Gasteiger partial charge is 0.459 e. The predicted octanol–water partition coefficient (Wildman–Crippen LogP) is 4.15. The number of amides is 1. The molecular formula is C22H33NO4Si. The third-order valence-electron chi connectivity index (χ3n) is 5.87. The molecule has 1 amide bonds. The van der Waals surface area contributed by atoms with E-state index in [1.54, 1.807) is 6.08 Å². The van der Waals surface area contributed by atoms with Gasteiger partial charge in [-0.05, 0) is 30.6 Å². The van der Waals surface area contributed by atoms with Crippen molar-refractivity contribution in [3.63, 3.8) is 0 Å². The Labute approximate surface area is 169 Å². The number of β-lactam (4-membered cyclic amide) rings is 1. The molecule has 1 aromatic carbocycles. The molecule has 0 bridgehead atoms. The Morgan fingerprint density at radius 2 is 1.89 bits per heavy atom. The molecule has 0 aliphatic carbocycles. The van der Waals surface area contributed by atoms with Gasteiger partial charge in [-0.1, -0.05) is 57.2 Å². The lowest BCUT2D eigenvalue weighted by Crippen LogP contribution is -2.65. The molecule has 28 heavy (non-hydrogen) atoms. The van der Waals surface area contributed by atoms with Gasteiger partial charge in [-0.2, -0.15) is 0 Å². The van der Waals surface area contributed by atoms with Crippen LogP contribution in [-0.4, -0.2) is 43.8 Å². The van der Waals surface area contributed by atoms with Gasteiger partial charge in [0, 0.05) is 0 Å². The number of hydrogen-bond donors (Lipinski definition) is 0. The molecule has 1 heterocycles. The van der Waals surface area contributed by atoms with E-state index in [0.29, 0.717) is 0 Å². The zero-order chi connectivity index (χ0) is 21.1. The zero-order valence-electron chi connectivity index (χ0n) is 17.9. The van der Waals surface area contributed by atoms with E-state index >= 15 is 0 Å². The van der Waals surface area contributed by atoms with Crippen molar-refractivity contribution >= 4 is 20.2 Å². The minimum atomic E-state index is -1.99. The maximum atomic E-state index is 12.7. The third kappa shape index (κ3) is 4.91. The van der Waals surface area contributed by atoms with Crippen LogP contribution in [0.15, 0.2) is 43.0 Å². The molecular weight excluding hydrogens is 370 g/mol. The molecule has 1 aliphatic rings. The van der Waals surface area contributed by atoms with E-state index in [-0.39, 0.29) is 42.2 Å². The maximum absolute atomic E-state index is 12.7. The fraction of sp³-hybridized carbons (Fsp3) is 0.545. The van der Waals surface area contributed by atoms with Gasteiger partial charge in [-0.3, -0.25) is 9.59 Å². The average molecular weight is 404 g/mol. The summed E-state index contributed by atoms with van der Waals surface area (Å²) in [5, 5.41) is 0.0681. The molecule has 3 atom stereocenters. The van der Waals surface area contributed by atoms with E-state index in [1.807, 2.05) is 37.3 Å². The van der Waals surface area contributed by atoms with Gasteiger partial charge < -0.3 is 14.1 Å². The van der Waals surface area contributed by atoms with Crippen LogP contribution in [-0.2, 0) is 25.4 Å². The maximum Gasteiger partial charge on any atom is 0.325 e. The van der Waals surface area contributed by atoms with E-state index in [9.17, 15) is 9.59 Å². The van der Waals surface area contributed by atoms with E-state index in [2.05, 4.69) is 40.4 Å². The summed E-state index contributed by atoms with van der Waals surface area (Å²) in [6, 6.07) is 9.27. The Hall–Kier alpha value is -1.92. The standard InChI is InChI=1S/C22H33NO4Si/c1-8-18-20(16(2)27-28(6,7)22(3,4)5)21(25)23(18)14-19(24)26-15-17-12-10-9-11-13-17/h8-13,16,18,20H,1,14-15H2,2-7H3/t16-,18-,20-/m1/s1. The highest BCUT2D eigenvalue weighted by atomic mass is 28.4. The highest BCUT2D eigenvalue weighted by Gasteiger charge is 2.51. The Kier molecular flexibility index (Phi) is 6.88. The van der Waals surface area contributed by atoms with Gasteiger partial charge in [-0.25, -0.2) is 0 Å². The minimum Gasteiger partial charge on any atom is -0.459 e. The zero-order valence-corrected chi connectivity index (χ0v) is 18.9. The first-order valence-corrected chi connectivity index (χ1v) is 12.7. The molecule has 1 aliphatic heterocycles. The van der Waals surface area contributed by atoms with Gasteiger partial charge in [0.1, 0.15) is 13.2 Å². The Morgan fingerprint density at radius 3 is 2.43 bits per heavy atom. The number of ether oxygens (including phenoxy) is 1. The number of rotatable bonds is 8. The lowest BCUT2D eigenvalue weighted by atomic mass is 9.83. The number of esters is 1. The van der Waals surface area contributed by atoms with E-state index in [1.165, 1.54) is 4.90 Å². The number of likely N-dealkylation sites (tertiary alicyclic amines) is 1. The predicted molar refractivity (Wildman–Crippen MR) is 113 cm³/mol. The van der Waals surface area contributed by atoms with Crippen molar-refractivity contribution in [3.8, 4) is 0 Å². The van der Waals surface area contributed by atoms with Crippen LogP contribution in [0.4, 0.5) is 0 Å². The van der Waals surface area contributed by atoms with E-state index < -0.39 is 14.3 Å². The summed E-state index contributed by atoms with van der Waals surface area (Å²) in [6.45, 7) is 16.8. The van der Waals surface area contributed by atoms with Gasteiger partial charge in [0.05, 0.1) is 18.1 Å². The molecule has 0 unspecified atom stereocenters. The first kappa shape index (κ1) is 22.4. The third-order valence-corrected chi connectivity index (χ3v) is 10.4. The second kappa shape index (κ2) is 8.62. The normalized spacial score (nSPS) is 21.1. The summed E-state index contributed by atoms with van der Waals surface area (Å²) in [5.41, 5.74) is 0.917. The summed E-state index contributed by atoms with van der Waals surface area (Å²) < 4.78 is 11.7. The Morgan fingerprint density at radius 1 is 1.29 bits per heavy atom. The van der Waals surface area contributed by atoms with Crippen molar-refractivity contribution in [1.29, 1.82) is 0 Å². The first-order chi connectivity index (χ1) is 13.0. The first-order valence-electron chi connectivity index (χ1n) is 9.78. The van der Waals surface area contributed by atoms with Crippen LogP contribution in [0.2, 0.25) is 18.1 Å². The van der Waals surface area contributed by atoms with Crippen molar-refractivity contribution in [2.75, 3.05) is 6.54 Å². The van der Waals surface area contributed by atoms with Gasteiger partial charge in [0.15, 0.2) is 8.32 Å². The lowest BCUT2D eigenvalue weighted by molar-refractivity contribution is -0.167. The molecule has 0 radical (unpaired) electrons. The van der Waals surface area contributed by atoms with E-state index in [4.69, 9.17) is 9.16 Å². The van der Waals surface area contributed by atoms with Crippen molar-refractivity contribution in [2.45, 2.75) is 64.6 Å². The van der Waals surface area contributed by atoms with Gasteiger partial charge in [-0.15, -0.1) is 6.58 Å². The second-order valence-corrected chi connectivity index (χ2v) is 13.7. The number of carbonyl (C=O) groups is 2. The molecule has 1 fully saturated rings. The average Bonchev–Trinajstić information content (AvgIpc) is 2.61. The molecule has 0 aromatic heterocycles. The molecule has 1 aromatic rings. The smallest absolute Gasteiger partial charge is 0.325 e. The number of carbonyl (C=O) groups excluding carboxylic acids is 2. The minimum absolute atomic E-state index is 0.0638. The van der Waals surface area contributed by atoms with Crippen LogP contribution >= 0.6 is 0 Å². The van der Waals surface area contributed by atoms with Gasteiger partial charge in [0.2, 0.25) is 5.91 Å². The van der Waals surface area contributed by atoms with E-state index in [0.717, 1.165) is 5.56 Å². The number of benzene rings is 1. The summed E-state index contributed by atoms with van der Waals surface area (Å²) in [4.78, 5) is 26.4. The van der Waals surface area contributed by atoms with Crippen LogP contribution in [0.5, 0.6) is 0 Å². The van der Waals surface area contributed by atoms with Crippen LogP contribution in [0, 0.1) is 5.92 Å². The fourth-order valence-electron chi connectivity index (χ4n) is 3.17. The SMILES string of the molecule is C=C[C@@H]1[C@@H]([C@@H](C)O[Si](C)(C)C(C)(C)C)C(=O)N1CC(=O)OCc1ccccc1.